The van der Waals surface area contributed by atoms with Crippen LogP contribution in [0.4, 0.5) is 13.2 Å². The van der Waals surface area contributed by atoms with Crippen LogP contribution in [0.5, 0.6) is 5.75 Å². The first kappa shape index (κ1) is 20.8. The summed E-state index contributed by atoms with van der Waals surface area (Å²) in [6, 6.07) is 18.2. The van der Waals surface area contributed by atoms with E-state index in [9.17, 15) is 13.2 Å². The smallest absolute Gasteiger partial charge is 0.406 e. The van der Waals surface area contributed by atoms with Crippen molar-refractivity contribution in [3.8, 4) is 5.75 Å². The lowest BCUT2D eigenvalue weighted by Crippen LogP contribution is -2.18. The van der Waals surface area contributed by atoms with Gasteiger partial charge < -0.3 is 4.74 Å². The number of fused-ring (bicyclic) bond motifs is 2. The van der Waals surface area contributed by atoms with Crippen molar-refractivity contribution in [1.82, 2.24) is 0 Å². The number of aryl methyl sites for hydroxylation is 2. The first-order valence-electron chi connectivity index (χ1n) is 10.8. The molecule has 0 aromatic heterocycles. The van der Waals surface area contributed by atoms with Crippen LogP contribution in [-0.4, -0.2) is 6.36 Å². The standard InChI is InChI=1S/C26H27F3O/c1-2-3-4-5-18-6-7-20-15-21(9-8-19(20)14-18)22-10-11-24-17-25(30-26(27,28)29)13-12-23(24)16-22/h6-9,12-15,17,22H,2-5,10-11,16H2,1H3. The third-order valence-corrected chi connectivity index (χ3v) is 6.11. The van der Waals surface area contributed by atoms with Gasteiger partial charge in [-0.25, -0.2) is 0 Å². The van der Waals surface area contributed by atoms with Crippen LogP contribution in [-0.2, 0) is 19.3 Å². The van der Waals surface area contributed by atoms with Gasteiger partial charge in [0.1, 0.15) is 5.75 Å². The maximum Gasteiger partial charge on any atom is 0.573 e. The minimum Gasteiger partial charge on any atom is -0.406 e. The van der Waals surface area contributed by atoms with E-state index in [1.54, 1.807) is 12.1 Å². The molecule has 1 aliphatic carbocycles. The second-order valence-corrected chi connectivity index (χ2v) is 8.32. The molecule has 1 nitrogen and oxygen atoms in total. The Kier molecular flexibility index (Phi) is 6.03. The van der Waals surface area contributed by atoms with Gasteiger partial charge in [-0.2, -0.15) is 0 Å². The Hall–Kier alpha value is -2.49. The lowest BCUT2D eigenvalue weighted by atomic mass is 9.79. The van der Waals surface area contributed by atoms with Crippen molar-refractivity contribution in [3.05, 3.63) is 76.9 Å². The fraction of sp³-hybridized carbons (Fsp3) is 0.385. The summed E-state index contributed by atoms with van der Waals surface area (Å²) >= 11 is 0. The maximum atomic E-state index is 12.5. The zero-order valence-corrected chi connectivity index (χ0v) is 17.3. The molecule has 1 aliphatic rings. The molecule has 0 bridgehead atoms. The van der Waals surface area contributed by atoms with E-state index in [1.807, 2.05) is 0 Å². The van der Waals surface area contributed by atoms with Crippen LogP contribution in [0, 0.1) is 0 Å². The van der Waals surface area contributed by atoms with Crippen LogP contribution in [0.3, 0.4) is 0 Å². The molecule has 0 heterocycles. The number of unbranched alkanes of at least 4 members (excludes halogenated alkanes) is 2. The SMILES string of the molecule is CCCCCc1ccc2cc(C3CCc4cc(OC(F)(F)F)ccc4C3)ccc2c1. The van der Waals surface area contributed by atoms with Crippen molar-refractivity contribution in [3.63, 3.8) is 0 Å². The molecule has 158 valence electrons. The van der Waals surface area contributed by atoms with Crippen molar-refractivity contribution in [2.45, 2.75) is 64.1 Å². The number of hydrogen-bond acceptors (Lipinski definition) is 1. The second-order valence-electron chi connectivity index (χ2n) is 8.32. The Labute approximate surface area is 175 Å². The highest BCUT2D eigenvalue weighted by atomic mass is 19.4. The average Bonchev–Trinajstić information content (AvgIpc) is 2.72. The highest BCUT2D eigenvalue weighted by molar-refractivity contribution is 5.84. The van der Waals surface area contributed by atoms with Crippen molar-refractivity contribution >= 4 is 10.8 Å². The van der Waals surface area contributed by atoms with Gasteiger partial charge in [0.2, 0.25) is 0 Å². The fourth-order valence-corrected chi connectivity index (χ4v) is 4.52. The van der Waals surface area contributed by atoms with Gasteiger partial charge in [0.05, 0.1) is 0 Å². The Morgan fingerprint density at radius 1 is 0.900 bits per heavy atom. The number of benzene rings is 3. The van der Waals surface area contributed by atoms with Crippen LogP contribution in [0.15, 0.2) is 54.6 Å². The topological polar surface area (TPSA) is 9.23 Å². The highest BCUT2D eigenvalue weighted by Crippen LogP contribution is 2.36. The molecule has 3 aromatic carbocycles. The van der Waals surface area contributed by atoms with Crippen molar-refractivity contribution < 1.29 is 17.9 Å². The molecule has 0 N–H and O–H groups in total. The molecule has 0 aliphatic heterocycles. The minimum atomic E-state index is -4.65. The number of hydrogen-bond donors (Lipinski definition) is 0. The van der Waals surface area contributed by atoms with Crippen LogP contribution in [0.25, 0.3) is 10.8 Å². The van der Waals surface area contributed by atoms with Gasteiger partial charge in [0, 0.05) is 0 Å². The lowest BCUT2D eigenvalue weighted by molar-refractivity contribution is -0.274. The van der Waals surface area contributed by atoms with Crippen molar-refractivity contribution in [1.29, 1.82) is 0 Å². The molecule has 4 heteroatoms. The Balaban J connectivity index is 1.49. The molecule has 0 spiro atoms. The van der Waals surface area contributed by atoms with E-state index >= 15 is 0 Å². The third-order valence-electron chi connectivity index (χ3n) is 6.11. The Morgan fingerprint density at radius 2 is 1.70 bits per heavy atom. The molecule has 0 fully saturated rings. The summed E-state index contributed by atoms with van der Waals surface area (Å²) in [6.45, 7) is 2.22. The summed E-state index contributed by atoms with van der Waals surface area (Å²) in [5, 5.41) is 2.53. The van der Waals surface area contributed by atoms with Gasteiger partial charge in [-0.05, 0) is 83.2 Å². The molecule has 1 unspecified atom stereocenters. The third kappa shape index (κ3) is 4.97. The fourth-order valence-electron chi connectivity index (χ4n) is 4.52. The summed E-state index contributed by atoms with van der Waals surface area (Å²) in [6.07, 6.45) is 2.77. The number of rotatable bonds is 6. The van der Waals surface area contributed by atoms with Gasteiger partial charge in [0.15, 0.2) is 0 Å². The first-order valence-corrected chi connectivity index (χ1v) is 10.8. The normalized spacial score (nSPS) is 16.5. The summed E-state index contributed by atoms with van der Waals surface area (Å²) in [4.78, 5) is 0. The Bertz CT molecular complexity index is 1020. The van der Waals surface area contributed by atoms with E-state index in [2.05, 4.69) is 48.1 Å². The van der Waals surface area contributed by atoms with Gasteiger partial charge in [-0.15, -0.1) is 13.2 Å². The molecular formula is C26H27F3O. The van der Waals surface area contributed by atoms with Crippen LogP contribution in [0.1, 0.15) is 60.8 Å². The molecule has 0 amide bonds. The van der Waals surface area contributed by atoms with Crippen LogP contribution < -0.4 is 4.74 Å². The first-order chi connectivity index (χ1) is 14.4. The summed E-state index contributed by atoms with van der Waals surface area (Å²) in [7, 11) is 0. The van der Waals surface area contributed by atoms with Crippen LogP contribution >= 0.6 is 0 Å². The van der Waals surface area contributed by atoms with E-state index in [1.165, 1.54) is 47.2 Å². The summed E-state index contributed by atoms with van der Waals surface area (Å²) in [5.41, 5.74) is 4.78. The molecule has 3 aromatic rings. The molecular weight excluding hydrogens is 385 g/mol. The molecule has 0 saturated carbocycles. The molecule has 0 radical (unpaired) electrons. The van der Waals surface area contributed by atoms with Gasteiger partial charge in [-0.1, -0.05) is 62.2 Å². The van der Waals surface area contributed by atoms with E-state index in [0.29, 0.717) is 5.92 Å². The van der Waals surface area contributed by atoms with Gasteiger partial charge in [-0.3, -0.25) is 0 Å². The molecule has 1 atom stereocenters. The van der Waals surface area contributed by atoms with E-state index in [4.69, 9.17) is 0 Å². The lowest BCUT2D eigenvalue weighted by Gasteiger charge is -2.26. The number of halogens is 3. The zero-order valence-electron chi connectivity index (χ0n) is 17.3. The largest absolute Gasteiger partial charge is 0.573 e. The predicted molar refractivity (Wildman–Crippen MR) is 115 cm³/mol. The molecule has 0 saturated heterocycles. The minimum absolute atomic E-state index is 0.125. The van der Waals surface area contributed by atoms with Gasteiger partial charge in [0.25, 0.3) is 0 Å². The van der Waals surface area contributed by atoms with Crippen molar-refractivity contribution in [2.24, 2.45) is 0 Å². The monoisotopic (exact) mass is 412 g/mol. The quantitative estimate of drug-likeness (QED) is 0.376. The molecule has 4 rings (SSSR count). The maximum absolute atomic E-state index is 12.5. The van der Waals surface area contributed by atoms with Crippen LogP contribution in [0.2, 0.25) is 0 Å². The number of alkyl halides is 3. The molecule has 30 heavy (non-hydrogen) atoms. The summed E-state index contributed by atoms with van der Waals surface area (Å²) < 4.78 is 41.5. The van der Waals surface area contributed by atoms with E-state index in [0.717, 1.165) is 36.8 Å². The highest BCUT2D eigenvalue weighted by Gasteiger charge is 2.31. The van der Waals surface area contributed by atoms with Gasteiger partial charge >= 0.3 is 6.36 Å². The van der Waals surface area contributed by atoms with Crippen molar-refractivity contribution in [2.75, 3.05) is 0 Å². The van der Waals surface area contributed by atoms with E-state index < -0.39 is 6.36 Å². The predicted octanol–water partition coefficient (Wildman–Crippen LogP) is 7.74. The second kappa shape index (κ2) is 8.71. The Morgan fingerprint density at radius 3 is 2.50 bits per heavy atom. The average molecular weight is 412 g/mol. The van der Waals surface area contributed by atoms with E-state index in [-0.39, 0.29) is 5.75 Å². The zero-order chi connectivity index (χ0) is 21.1. The number of ether oxygens (including phenoxy) is 1. The summed E-state index contributed by atoms with van der Waals surface area (Å²) in [5.74, 6) is 0.265.